The number of halogens is 1. The van der Waals surface area contributed by atoms with Crippen LogP contribution in [-0.4, -0.2) is 19.6 Å². The fraction of sp³-hybridized carbons (Fsp3) is 0.292. The molecule has 0 spiro atoms. The molecule has 0 aliphatic carbocycles. The lowest BCUT2D eigenvalue weighted by Crippen LogP contribution is -2.25. The molecule has 0 bridgehead atoms. The summed E-state index contributed by atoms with van der Waals surface area (Å²) in [7, 11) is 1.63. The molecule has 158 valence electrons. The van der Waals surface area contributed by atoms with Crippen LogP contribution in [0.25, 0.3) is 0 Å². The van der Waals surface area contributed by atoms with E-state index in [1.54, 1.807) is 19.2 Å². The highest BCUT2D eigenvalue weighted by molar-refractivity contribution is 9.10. The molecule has 1 N–H and O–H groups in total. The van der Waals surface area contributed by atoms with Crippen LogP contribution in [0.1, 0.15) is 47.0 Å². The van der Waals surface area contributed by atoms with E-state index < -0.39 is 0 Å². The SMILES string of the molecule is COc1ccc(CCNC(=O)c2ccc(Oc3cc(C(C)C)ccc3C)o2)cc1Br. The average Bonchev–Trinajstić information content (AvgIpc) is 3.18. The summed E-state index contributed by atoms with van der Waals surface area (Å²) in [6, 6.07) is 15.3. The van der Waals surface area contributed by atoms with Gasteiger partial charge in [0.25, 0.3) is 11.9 Å². The first-order valence-electron chi connectivity index (χ1n) is 9.86. The number of amides is 1. The highest BCUT2D eigenvalue weighted by Gasteiger charge is 2.13. The van der Waals surface area contributed by atoms with E-state index in [-0.39, 0.29) is 11.7 Å². The Balaban J connectivity index is 1.57. The molecular formula is C24H26BrNO4. The van der Waals surface area contributed by atoms with Crippen molar-refractivity contribution in [2.24, 2.45) is 0 Å². The van der Waals surface area contributed by atoms with Crippen molar-refractivity contribution in [2.75, 3.05) is 13.7 Å². The summed E-state index contributed by atoms with van der Waals surface area (Å²) >= 11 is 3.47. The maximum atomic E-state index is 12.4. The normalized spacial score (nSPS) is 10.9. The van der Waals surface area contributed by atoms with Crippen molar-refractivity contribution < 1.29 is 18.7 Å². The number of rotatable bonds is 8. The minimum Gasteiger partial charge on any atom is -0.496 e. The molecule has 0 radical (unpaired) electrons. The molecule has 0 aliphatic rings. The summed E-state index contributed by atoms with van der Waals surface area (Å²) in [4.78, 5) is 12.4. The van der Waals surface area contributed by atoms with E-state index in [1.807, 2.05) is 37.3 Å². The van der Waals surface area contributed by atoms with Gasteiger partial charge >= 0.3 is 0 Å². The molecule has 0 saturated carbocycles. The predicted molar refractivity (Wildman–Crippen MR) is 121 cm³/mol. The molecule has 0 aliphatic heterocycles. The second kappa shape index (κ2) is 9.85. The number of methoxy groups -OCH3 is 1. The van der Waals surface area contributed by atoms with E-state index in [2.05, 4.69) is 41.2 Å². The Morgan fingerprint density at radius 1 is 1.10 bits per heavy atom. The van der Waals surface area contributed by atoms with Crippen LogP contribution in [0, 0.1) is 6.92 Å². The van der Waals surface area contributed by atoms with E-state index in [0.29, 0.717) is 24.8 Å². The number of benzene rings is 2. The zero-order valence-corrected chi connectivity index (χ0v) is 19.2. The van der Waals surface area contributed by atoms with Gasteiger partial charge in [-0.05, 0) is 76.1 Å². The number of hydrogen-bond acceptors (Lipinski definition) is 4. The summed E-state index contributed by atoms with van der Waals surface area (Å²) in [5.41, 5.74) is 3.28. The third-order valence-corrected chi connectivity index (χ3v) is 5.43. The molecule has 30 heavy (non-hydrogen) atoms. The predicted octanol–water partition coefficient (Wildman–Crippen LogP) is 6.25. The highest BCUT2D eigenvalue weighted by atomic mass is 79.9. The molecule has 2 aromatic carbocycles. The smallest absolute Gasteiger partial charge is 0.290 e. The first kappa shape index (κ1) is 22.0. The minimum absolute atomic E-state index is 0.221. The number of aryl methyl sites for hydroxylation is 1. The maximum absolute atomic E-state index is 12.4. The standard InChI is InChI=1S/C24H26BrNO4/c1-15(2)18-7-5-16(3)22(14-18)30-23-10-9-21(29-23)24(27)26-12-11-17-6-8-20(28-4)19(25)13-17/h5-10,13-15H,11-12H2,1-4H3,(H,26,27). The van der Waals surface area contributed by atoms with E-state index in [9.17, 15) is 4.79 Å². The van der Waals surface area contributed by atoms with Gasteiger partial charge in [0.05, 0.1) is 11.6 Å². The maximum Gasteiger partial charge on any atom is 0.290 e. The van der Waals surface area contributed by atoms with Crippen LogP contribution in [0.3, 0.4) is 0 Å². The molecule has 1 heterocycles. The third-order valence-electron chi connectivity index (χ3n) is 4.81. The van der Waals surface area contributed by atoms with Crippen LogP contribution in [0.4, 0.5) is 0 Å². The molecule has 0 unspecified atom stereocenters. The van der Waals surface area contributed by atoms with Crippen molar-refractivity contribution >= 4 is 21.8 Å². The van der Waals surface area contributed by atoms with Gasteiger partial charge in [-0.3, -0.25) is 4.79 Å². The fourth-order valence-corrected chi connectivity index (χ4v) is 3.55. The number of carbonyl (C=O) groups is 1. The lowest BCUT2D eigenvalue weighted by Gasteiger charge is -2.11. The Morgan fingerprint density at radius 2 is 1.90 bits per heavy atom. The number of nitrogens with one attached hydrogen (secondary N) is 1. The molecule has 1 aromatic heterocycles. The molecule has 0 saturated heterocycles. The molecule has 0 fully saturated rings. The Morgan fingerprint density at radius 3 is 2.60 bits per heavy atom. The van der Waals surface area contributed by atoms with E-state index >= 15 is 0 Å². The molecule has 6 heteroatoms. The Kier molecular flexibility index (Phi) is 7.21. The van der Waals surface area contributed by atoms with E-state index in [1.165, 1.54) is 5.56 Å². The first-order chi connectivity index (χ1) is 14.4. The largest absolute Gasteiger partial charge is 0.496 e. The monoisotopic (exact) mass is 471 g/mol. The Hall–Kier alpha value is -2.73. The zero-order valence-electron chi connectivity index (χ0n) is 17.6. The van der Waals surface area contributed by atoms with E-state index in [0.717, 1.165) is 27.1 Å². The first-order valence-corrected chi connectivity index (χ1v) is 10.7. The average molecular weight is 472 g/mol. The molecule has 5 nitrogen and oxygen atoms in total. The van der Waals surface area contributed by atoms with Crippen molar-refractivity contribution in [3.05, 3.63) is 75.5 Å². The number of furan rings is 1. The summed E-state index contributed by atoms with van der Waals surface area (Å²) in [5, 5.41) is 2.87. The molecule has 0 atom stereocenters. The molecule has 3 rings (SSSR count). The summed E-state index contributed by atoms with van der Waals surface area (Å²) in [6.45, 7) is 6.74. The quantitative estimate of drug-likeness (QED) is 0.421. The molecule has 1 amide bonds. The molecular weight excluding hydrogens is 446 g/mol. The Labute approximate surface area is 185 Å². The van der Waals surface area contributed by atoms with Crippen molar-refractivity contribution in [1.29, 1.82) is 0 Å². The third kappa shape index (κ3) is 5.45. The minimum atomic E-state index is -0.273. The van der Waals surface area contributed by atoms with Crippen LogP contribution in [0.2, 0.25) is 0 Å². The van der Waals surface area contributed by atoms with E-state index in [4.69, 9.17) is 13.9 Å². The second-order valence-electron chi connectivity index (χ2n) is 7.38. The van der Waals surface area contributed by atoms with Crippen LogP contribution in [0.15, 0.2) is 57.4 Å². The second-order valence-corrected chi connectivity index (χ2v) is 8.23. The topological polar surface area (TPSA) is 60.7 Å². The number of carbonyl (C=O) groups excluding carboxylic acids is 1. The molecule has 3 aromatic rings. The van der Waals surface area contributed by atoms with Crippen molar-refractivity contribution in [3.63, 3.8) is 0 Å². The number of ether oxygens (including phenoxy) is 2. The van der Waals surface area contributed by atoms with Crippen molar-refractivity contribution in [3.8, 4) is 17.4 Å². The van der Waals surface area contributed by atoms with Crippen LogP contribution >= 0.6 is 15.9 Å². The lowest BCUT2D eigenvalue weighted by molar-refractivity contribution is 0.0921. The summed E-state index contributed by atoms with van der Waals surface area (Å²) in [5.74, 6) is 2.15. The van der Waals surface area contributed by atoms with Crippen LogP contribution in [0.5, 0.6) is 17.4 Å². The van der Waals surface area contributed by atoms with Crippen molar-refractivity contribution in [2.45, 2.75) is 33.1 Å². The van der Waals surface area contributed by atoms with Gasteiger partial charge in [0.1, 0.15) is 11.5 Å². The Bertz CT molecular complexity index is 1030. The summed E-state index contributed by atoms with van der Waals surface area (Å²) < 4.78 is 17.6. The number of hydrogen-bond donors (Lipinski definition) is 1. The summed E-state index contributed by atoms with van der Waals surface area (Å²) in [6.07, 6.45) is 0.694. The fourth-order valence-electron chi connectivity index (χ4n) is 2.96. The van der Waals surface area contributed by atoms with Crippen LogP contribution < -0.4 is 14.8 Å². The van der Waals surface area contributed by atoms with Gasteiger partial charge in [-0.25, -0.2) is 0 Å². The van der Waals surface area contributed by atoms with Gasteiger partial charge in [0, 0.05) is 12.6 Å². The van der Waals surface area contributed by atoms with Crippen LogP contribution in [-0.2, 0) is 6.42 Å². The van der Waals surface area contributed by atoms with Gasteiger partial charge in [-0.1, -0.05) is 32.0 Å². The van der Waals surface area contributed by atoms with Gasteiger partial charge in [-0.2, -0.15) is 0 Å². The van der Waals surface area contributed by atoms with Gasteiger partial charge in [0.2, 0.25) is 0 Å². The highest BCUT2D eigenvalue weighted by Crippen LogP contribution is 2.30. The van der Waals surface area contributed by atoms with Gasteiger partial charge in [0.15, 0.2) is 5.76 Å². The lowest BCUT2D eigenvalue weighted by atomic mass is 10.0. The zero-order chi connectivity index (χ0) is 21.7. The van der Waals surface area contributed by atoms with Gasteiger partial charge < -0.3 is 19.2 Å². The van der Waals surface area contributed by atoms with Crippen molar-refractivity contribution in [1.82, 2.24) is 5.32 Å². The van der Waals surface area contributed by atoms with Gasteiger partial charge in [-0.15, -0.1) is 0 Å².